The predicted octanol–water partition coefficient (Wildman–Crippen LogP) is 2.16. The van der Waals surface area contributed by atoms with E-state index in [4.69, 9.17) is 4.74 Å². The van der Waals surface area contributed by atoms with Gasteiger partial charge in [-0.1, -0.05) is 42.5 Å². The molecule has 0 saturated carbocycles. The predicted molar refractivity (Wildman–Crippen MR) is 104 cm³/mol. The molecule has 1 aliphatic heterocycles. The number of H-pyrrole nitrogens is 1. The average Bonchev–Trinajstić information content (AvgIpc) is 3.12. The fraction of sp³-hybridized carbons (Fsp3) is 0.250. The van der Waals surface area contributed by atoms with Crippen molar-refractivity contribution >= 4 is 27.9 Å². The van der Waals surface area contributed by atoms with Gasteiger partial charge in [-0.15, -0.1) is 0 Å². The second kappa shape index (κ2) is 6.51. The minimum Gasteiger partial charge on any atom is -0.378 e. The summed E-state index contributed by atoms with van der Waals surface area (Å²) in [5.74, 6) is 0.561. The molecule has 0 radical (unpaired) electrons. The van der Waals surface area contributed by atoms with Crippen LogP contribution in [0.3, 0.4) is 0 Å². The van der Waals surface area contributed by atoms with E-state index in [1.165, 1.54) is 10.8 Å². The lowest BCUT2D eigenvalue weighted by Crippen LogP contribution is -2.38. The average molecular weight is 361 g/mol. The van der Waals surface area contributed by atoms with Gasteiger partial charge in [0.25, 0.3) is 5.56 Å². The van der Waals surface area contributed by atoms with Crippen LogP contribution in [-0.2, 0) is 11.3 Å². The van der Waals surface area contributed by atoms with Gasteiger partial charge in [-0.3, -0.25) is 9.78 Å². The van der Waals surface area contributed by atoms with Crippen molar-refractivity contribution in [3.8, 4) is 0 Å². The van der Waals surface area contributed by atoms with Crippen molar-refractivity contribution in [3.63, 3.8) is 0 Å². The van der Waals surface area contributed by atoms with Crippen LogP contribution in [0.25, 0.3) is 21.9 Å². The number of imidazole rings is 1. The van der Waals surface area contributed by atoms with E-state index in [1.807, 2.05) is 27.7 Å². The monoisotopic (exact) mass is 361 g/mol. The van der Waals surface area contributed by atoms with Crippen LogP contribution in [-0.4, -0.2) is 45.8 Å². The number of nitrogens with one attached hydrogen (secondary N) is 1. The van der Waals surface area contributed by atoms with E-state index >= 15 is 0 Å². The second-order valence-corrected chi connectivity index (χ2v) is 6.67. The molecule has 7 heteroatoms. The van der Waals surface area contributed by atoms with Gasteiger partial charge in [0.15, 0.2) is 11.2 Å². The summed E-state index contributed by atoms with van der Waals surface area (Å²) in [5, 5.41) is 2.36. The lowest BCUT2D eigenvalue weighted by Gasteiger charge is -2.26. The highest BCUT2D eigenvalue weighted by Gasteiger charge is 2.17. The van der Waals surface area contributed by atoms with E-state index in [-0.39, 0.29) is 5.56 Å². The Bertz CT molecular complexity index is 1170. The molecule has 136 valence electrons. The Kier molecular flexibility index (Phi) is 3.86. The highest BCUT2D eigenvalue weighted by Crippen LogP contribution is 2.21. The number of aromatic amines is 1. The van der Waals surface area contributed by atoms with E-state index in [0.717, 1.165) is 5.56 Å². The summed E-state index contributed by atoms with van der Waals surface area (Å²) < 4.78 is 7.23. The number of rotatable bonds is 3. The Labute approximate surface area is 155 Å². The van der Waals surface area contributed by atoms with Crippen LogP contribution in [0.5, 0.6) is 0 Å². The number of hydrogen-bond acceptors (Lipinski definition) is 5. The molecule has 1 aliphatic rings. The largest absolute Gasteiger partial charge is 0.378 e. The van der Waals surface area contributed by atoms with E-state index < -0.39 is 0 Å². The zero-order chi connectivity index (χ0) is 18.2. The van der Waals surface area contributed by atoms with Crippen LogP contribution in [0.15, 0.2) is 53.6 Å². The number of fused-ring (bicyclic) bond motifs is 2. The normalized spacial score (nSPS) is 14.9. The molecule has 4 aromatic rings. The standard InChI is InChI=1S/C20H19N5O2/c26-19-17-18(22-20(23-19)24-8-10-27-11-9-24)21-13-25(17)12-15-6-3-5-14-4-1-2-7-16(14)15/h1-7,13H,8-12H2,(H,22,23,26). The smallest absolute Gasteiger partial charge is 0.278 e. The third-order valence-corrected chi connectivity index (χ3v) is 5.00. The number of aromatic nitrogens is 4. The first-order valence-corrected chi connectivity index (χ1v) is 9.04. The molecule has 1 fully saturated rings. The number of morpholine rings is 1. The summed E-state index contributed by atoms with van der Waals surface area (Å²) in [4.78, 5) is 26.7. The van der Waals surface area contributed by atoms with Gasteiger partial charge in [0, 0.05) is 19.6 Å². The minimum absolute atomic E-state index is 0.167. The fourth-order valence-electron chi connectivity index (χ4n) is 3.63. The van der Waals surface area contributed by atoms with Crippen molar-refractivity contribution in [2.24, 2.45) is 0 Å². The molecule has 7 nitrogen and oxygen atoms in total. The first kappa shape index (κ1) is 16.0. The Morgan fingerprint density at radius 2 is 1.89 bits per heavy atom. The summed E-state index contributed by atoms with van der Waals surface area (Å²) >= 11 is 0. The van der Waals surface area contributed by atoms with E-state index in [0.29, 0.717) is 50.0 Å². The SMILES string of the molecule is O=c1[nH]c(N2CCOCC2)nc2ncn(Cc3cccc4ccccc34)c12. The van der Waals surface area contributed by atoms with Gasteiger partial charge in [-0.05, 0) is 16.3 Å². The molecule has 0 atom stereocenters. The van der Waals surface area contributed by atoms with E-state index in [2.05, 4.69) is 39.2 Å². The zero-order valence-electron chi connectivity index (χ0n) is 14.8. The molecular formula is C20H19N5O2. The first-order valence-electron chi connectivity index (χ1n) is 9.04. The number of anilines is 1. The summed E-state index contributed by atoms with van der Waals surface area (Å²) in [7, 11) is 0. The summed E-state index contributed by atoms with van der Waals surface area (Å²) in [6.07, 6.45) is 1.69. The Hall–Kier alpha value is -3.19. The maximum Gasteiger partial charge on any atom is 0.278 e. The van der Waals surface area contributed by atoms with Gasteiger partial charge in [-0.2, -0.15) is 4.98 Å². The number of hydrogen-bond donors (Lipinski definition) is 1. The number of benzene rings is 2. The van der Waals surface area contributed by atoms with Gasteiger partial charge in [-0.25, -0.2) is 4.98 Å². The zero-order valence-corrected chi connectivity index (χ0v) is 14.8. The molecule has 0 bridgehead atoms. The van der Waals surface area contributed by atoms with Crippen molar-refractivity contribution in [2.75, 3.05) is 31.2 Å². The summed E-state index contributed by atoms with van der Waals surface area (Å²) in [5.41, 5.74) is 1.95. The van der Waals surface area contributed by atoms with Crippen LogP contribution >= 0.6 is 0 Å². The molecule has 0 aliphatic carbocycles. The van der Waals surface area contributed by atoms with Crippen molar-refractivity contribution in [3.05, 3.63) is 64.7 Å². The first-order chi connectivity index (χ1) is 13.3. The summed E-state index contributed by atoms with van der Waals surface area (Å²) in [6, 6.07) is 14.5. The number of ether oxygens (including phenoxy) is 1. The van der Waals surface area contributed by atoms with E-state index in [1.54, 1.807) is 6.33 Å². The van der Waals surface area contributed by atoms with Crippen LogP contribution in [0.1, 0.15) is 5.56 Å². The van der Waals surface area contributed by atoms with Crippen molar-refractivity contribution in [1.29, 1.82) is 0 Å². The van der Waals surface area contributed by atoms with Gasteiger partial charge in [0.05, 0.1) is 19.5 Å². The van der Waals surface area contributed by atoms with Crippen molar-refractivity contribution in [1.82, 2.24) is 19.5 Å². The van der Waals surface area contributed by atoms with E-state index in [9.17, 15) is 4.79 Å². The van der Waals surface area contributed by atoms with Crippen LogP contribution in [0.2, 0.25) is 0 Å². The highest BCUT2D eigenvalue weighted by atomic mass is 16.5. The molecular weight excluding hydrogens is 342 g/mol. The Morgan fingerprint density at radius 3 is 2.78 bits per heavy atom. The number of nitrogens with zero attached hydrogens (tertiary/aromatic N) is 4. The molecule has 2 aromatic heterocycles. The minimum atomic E-state index is -0.167. The van der Waals surface area contributed by atoms with Crippen molar-refractivity contribution in [2.45, 2.75) is 6.54 Å². The van der Waals surface area contributed by atoms with Gasteiger partial charge in [0.2, 0.25) is 5.95 Å². The maximum atomic E-state index is 12.8. The molecule has 0 unspecified atom stereocenters. The second-order valence-electron chi connectivity index (χ2n) is 6.67. The molecule has 2 aromatic carbocycles. The maximum absolute atomic E-state index is 12.8. The molecule has 3 heterocycles. The lowest BCUT2D eigenvalue weighted by atomic mass is 10.0. The quantitative estimate of drug-likeness (QED) is 0.605. The third-order valence-electron chi connectivity index (χ3n) is 5.00. The molecule has 27 heavy (non-hydrogen) atoms. The topological polar surface area (TPSA) is 76.0 Å². The molecule has 5 rings (SSSR count). The van der Waals surface area contributed by atoms with Gasteiger partial charge >= 0.3 is 0 Å². The molecule has 0 spiro atoms. The summed E-state index contributed by atoms with van der Waals surface area (Å²) in [6.45, 7) is 3.27. The van der Waals surface area contributed by atoms with Crippen molar-refractivity contribution < 1.29 is 4.74 Å². The molecule has 0 amide bonds. The van der Waals surface area contributed by atoms with Crippen LogP contribution < -0.4 is 10.5 Å². The highest BCUT2D eigenvalue weighted by molar-refractivity contribution is 5.85. The fourth-order valence-corrected chi connectivity index (χ4v) is 3.63. The Morgan fingerprint density at radius 1 is 1.07 bits per heavy atom. The molecule has 1 saturated heterocycles. The van der Waals surface area contributed by atoms with Gasteiger partial charge in [0.1, 0.15) is 0 Å². The lowest BCUT2D eigenvalue weighted by molar-refractivity contribution is 0.122. The van der Waals surface area contributed by atoms with Gasteiger partial charge < -0.3 is 14.2 Å². The van der Waals surface area contributed by atoms with Crippen LogP contribution in [0, 0.1) is 0 Å². The third kappa shape index (κ3) is 2.86. The Balaban J connectivity index is 1.55. The van der Waals surface area contributed by atoms with Crippen LogP contribution in [0.4, 0.5) is 5.95 Å². The molecule has 1 N–H and O–H groups in total.